The van der Waals surface area contributed by atoms with E-state index in [1.165, 1.54) is 6.92 Å². The van der Waals surface area contributed by atoms with Crippen LogP contribution in [0.25, 0.3) is 0 Å². The summed E-state index contributed by atoms with van der Waals surface area (Å²) in [6.07, 6.45) is 1.12. The molecule has 0 fully saturated rings. The summed E-state index contributed by atoms with van der Waals surface area (Å²) in [4.78, 5) is 13.8. The summed E-state index contributed by atoms with van der Waals surface area (Å²) in [5, 5.41) is 3.28. The fourth-order valence-electron chi connectivity index (χ4n) is 0.326. The molecule has 0 bridgehead atoms. The molecule has 0 aromatic carbocycles. The Bertz CT molecular complexity index is 180. The maximum Gasteiger partial charge on any atom is 0.237 e. The van der Waals surface area contributed by atoms with Crippen molar-refractivity contribution in [3.8, 4) is 0 Å². The SMILES string of the molecule is CC(=O)c1ncon1. The minimum absolute atomic E-state index is 0.130. The highest BCUT2D eigenvalue weighted by Crippen LogP contribution is 1.86. The van der Waals surface area contributed by atoms with Crippen molar-refractivity contribution in [3.05, 3.63) is 12.2 Å². The van der Waals surface area contributed by atoms with Crippen LogP contribution in [0.4, 0.5) is 0 Å². The molecule has 0 amide bonds. The first-order chi connectivity index (χ1) is 3.80. The van der Waals surface area contributed by atoms with Gasteiger partial charge in [0, 0.05) is 6.92 Å². The number of hydrogen-bond acceptors (Lipinski definition) is 4. The van der Waals surface area contributed by atoms with E-state index in [4.69, 9.17) is 0 Å². The van der Waals surface area contributed by atoms with Crippen LogP contribution in [0.5, 0.6) is 0 Å². The monoisotopic (exact) mass is 112 g/mol. The van der Waals surface area contributed by atoms with Crippen molar-refractivity contribution in [2.75, 3.05) is 0 Å². The van der Waals surface area contributed by atoms with Gasteiger partial charge >= 0.3 is 0 Å². The van der Waals surface area contributed by atoms with Crippen molar-refractivity contribution in [3.63, 3.8) is 0 Å². The molecule has 8 heavy (non-hydrogen) atoms. The molecule has 0 aliphatic heterocycles. The quantitative estimate of drug-likeness (QED) is 0.489. The van der Waals surface area contributed by atoms with Crippen LogP contribution in [0.15, 0.2) is 10.9 Å². The van der Waals surface area contributed by atoms with Gasteiger partial charge in [0.05, 0.1) is 0 Å². The Morgan fingerprint density at radius 3 is 2.88 bits per heavy atom. The molecule has 4 nitrogen and oxygen atoms in total. The molecule has 0 saturated heterocycles. The summed E-state index contributed by atoms with van der Waals surface area (Å²) in [7, 11) is 0. The molecular weight excluding hydrogens is 108 g/mol. The average Bonchev–Trinajstić information content (AvgIpc) is 2.12. The molecular formula is C4H4N2O2. The van der Waals surface area contributed by atoms with E-state index < -0.39 is 0 Å². The van der Waals surface area contributed by atoms with Gasteiger partial charge in [0.15, 0.2) is 0 Å². The number of ketones is 1. The molecule has 0 radical (unpaired) electrons. The topological polar surface area (TPSA) is 56.0 Å². The number of rotatable bonds is 1. The summed E-state index contributed by atoms with van der Waals surface area (Å²) in [6, 6.07) is 0. The first kappa shape index (κ1) is 4.96. The van der Waals surface area contributed by atoms with Crippen molar-refractivity contribution in [2.45, 2.75) is 6.92 Å². The lowest BCUT2D eigenvalue weighted by Gasteiger charge is -1.74. The van der Waals surface area contributed by atoms with Crippen molar-refractivity contribution >= 4 is 5.78 Å². The molecule has 0 unspecified atom stereocenters. The van der Waals surface area contributed by atoms with Gasteiger partial charge in [-0.1, -0.05) is 5.16 Å². The largest absolute Gasteiger partial charge is 0.342 e. The van der Waals surface area contributed by atoms with Gasteiger partial charge in [-0.2, -0.15) is 4.98 Å². The van der Waals surface area contributed by atoms with E-state index in [0.717, 1.165) is 6.39 Å². The minimum Gasteiger partial charge on any atom is -0.342 e. The molecule has 1 heterocycles. The second kappa shape index (κ2) is 1.73. The maximum atomic E-state index is 10.3. The van der Waals surface area contributed by atoms with Crippen LogP contribution in [0, 0.1) is 0 Å². The van der Waals surface area contributed by atoms with Crippen molar-refractivity contribution < 1.29 is 9.32 Å². The Morgan fingerprint density at radius 2 is 2.62 bits per heavy atom. The highest BCUT2D eigenvalue weighted by Gasteiger charge is 2.01. The molecule has 1 aromatic rings. The average molecular weight is 112 g/mol. The number of Topliss-reactive ketones (excluding diaryl/α,β-unsaturated/α-hetero) is 1. The van der Waals surface area contributed by atoms with Gasteiger partial charge in [-0.3, -0.25) is 4.79 Å². The second-order valence-corrected chi connectivity index (χ2v) is 1.31. The molecule has 1 rings (SSSR count). The van der Waals surface area contributed by atoms with Crippen LogP contribution in [0.2, 0.25) is 0 Å². The highest BCUT2D eigenvalue weighted by atomic mass is 16.5. The van der Waals surface area contributed by atoms with Crippen LogP contribution in [-0.4, -0.2) is 15.9 Å². The number of nitrogens with zero attached hydrogens (tertiary/aromatic N) is 2. The Kier molecular flexibility index (Phi) is 1.07. The summed E-state index contributed by atoms with van der Waals surface area (Å²) in [6.45, 7) is 1.38. The zero-order valence-corrected chi connectivity index (χ0v) is 4.29. The Balaban J connectivity index is 2.93. The summed E-state index contributed by atoms with van der Waals surface area (Å²) in [5.41, 5.74) is 0. The van der Waals surface area contributed by atoms with Gasteiger partial charge in [-0.25, -0.2) is 0 Å². The van der Waals surface area contributed by atoms with E-state index in [0.29, 0.717) is 0 Å². The maximum absolute atomic E-state index is 10.3. The molecule has 4 heteroatoms. The number of carbonyl (C=O) groups excluding carboxylic acids is 1. The Hall–Kier alpha value is -1.19. The highest BCUT2D eigenvalue weighted by molar-refractivity contribution is 5.89. The molecule has 0 spiro atoms. The van der Waals surface area contributed by atoms with Crippen LogP contribution in [0.3, 0.4) is 0 Å². The molecule has 1 aromatic heterocycles. The van der Waals surface area contributed by atoms with E-state index in [2.05, 4.69) is 14.7 Å². The predicted molar refractivity (Wildman–Crippen MR) is 24.3 cm³/mol. The summed E-state index contributed by atoms with van der Waals surface area (Å²) in [5.74, 6) is -0.0521. The van der Waals surface area contributed by atoms with E-state index >= 15 is 0 Å². The first-order valence-electron chi connectivity index (χ1n) is 2.08. The second-order valence-electron chi connectivity index (χ2n) is 1.31. The van der Waals surface area contributed by atoms with Crippen molar-refractivity contribution in [1.29, 1.82) is 0 Å². The lowest BCUT2D eigenvalue weighted by Crippen LogP contribution is -1.92. The van der Waals surface area contributed by atoms with E-state index in [-0.39, 0.29) is 11.6 Å². The number of hydrogen-bond donors (Lipinski definition) is 0. The van der Waals surface area contributed by atoms with Gasteiger partial charge in [0.1, 0.15) is 0 Å². The fraction of sp³-hybridized carbons (Fsp3) is 0.250. The minimum atomic E-state index is -0.182. The lowest BCUT2D eigenvalue weighted by atomic mass is 10.4. The third kappa shape index (κ3) is 0.726. The third-order valence-corrected chi connectivity index (χ3v) is 0.676. The number of aromatic nitrogens is 2. The number of carbonyl (C=O) groups is 1. The standard InChI is InChI=1S/C4H4N2O2/c1-3(7)4-5-2-8-6-4/h2H,1H3. The van der Waals surface area contributed by atoms with Crippen LogP contribution in [-0.2, 0) is 0 Å². The molecule has 0 atom stereocenters. The first-order valence-corrected chi connectivity index (χ1v) is 2.08. The summed E-state index contributed by atoms with van der Waals surface area (Å²) < 4.78 is 4.29. The third-order valence-electron chi connectivity index (χ3n) is 0.676. The smallest absolute Gasteiger partial charge is 0.237 e. The van der Waals surface area contributed by atoms with E-state index in [1.807, 2.05) is 0 Å². The molecule has 0 aliphatic carbocycles. The predicted octanol–water partition coefficient (Wildman–Crippen LogP) is 0.272. The van der Waals surface area contributed by atoms with Crippen LogP contribution in [0.1, 0.15) is 17.5 Å². The van der Waals surface area contributed by atoms with E-state index in [9.17, 15) is 4.79 Å². The van der Waals surface area contributed by atoms with E-state index in [1.54, 1.807) is 0 Å². The summed E-state index contributed by atoms with van der Waals surface area (Å²) >= 11 is 0. The van der Waals surface area contributed by atoms with Gasteiger partial charge in [-0.05, 0) is 0 Å². The van der Waals surface area contributed by atoms with Crippen molar-refractivity contribution in [2.24, 2.45) is 0 Å². The lowest BCUT2D eigenvalue weighted by molar-refractivity contribution is 0.100. The van der Waals surface area contributed by atoms with Crippen LogP contribution < -0.4 is 0 Å². The van der Waals surface area contributed by atoms with Crippen LogP contribution >= 0.6 is 0 Å². The fourth-order valence-corrected chi connectivity index (χ4v) is 0.326. The molecule has 42 valence electrons. The van der Waals surface area contributed by atoms with Gasteiger partial charge in [0.25, 0.3) is 0 Å². The zero-order chi connectivity index (χ0) is 5.98. The van der Waals surface area contributed by atoms with Gasteiger partial charge in [-0.15, -0.1) is 0 Å². The molecule has 0 N–H and O–H groups in total. The zero-order valence-electron chi connectivity index (χ0n) is 4.29. The van der Waals surface area contributed by atoms with Crippen molar-refractivity contribution in [1.82, 2.24) is 10.1 Å². The molecule has 0 saturated carbocycles. The Morgan fingerprint density at radius 1 is 1.88 bits per heavy atom. The normalized spacial score (nSPS) is 9.12. The van der Waals surface area contributed by atoms with Gasteiger partial charge < -0.3 is 4.52 Å². The molecule has 0 aliphatic rings. The van der Waals surface area contributed by atoms with Gasteiger partial charge in [0.2, 0.25) is 18.0 Å². The Labute approximate surface area is 45.5 Å².